The van der Waals surface area contributed by atoms with Crippen LogP contribution in [0.2, 0.25) is 0 Å². The molecule has 0 aromatic heterocycles. The van der Waals surface area contributed by atoms with E-state index >= 15 is 0 Å². The molecule has 0 aliphatic heterocycles. The molecule has 0 heterocycles. The topological polar surface area (TPSA) is 84.0 Å². The van der Waals surface area contributed by atoms with Crippen LogP contribution in [0.3, 0.4) is 0 Å². The highest BCUT2D eigenvalue weighted by Gasteiger charge is 2.11. The molecule has 1 amide bonds. The molecule has 0 aliphatic rings. The minimum absolute atomic E-state index is 0.132. The van der Waals surface area contributed by atoms with Gasteiger partial charge in [0.25, 0.3) is 5.91 Å². The van der Waals surface area contributed by atoms with Crippen molar-refractivity contribution < 1.29 is 14.3 Å². The number of benzene rings is 2. The zero-order valence-corrected chi connectivity index (χ0v) is 19.6. The van der Waals surface area contributed by atoms with Crippen LogP contribution in [-0.4, -0.2) is 37.0 Å². The fourth-order valence-corrected chi connectivity index (χ4v) is 3.33. The molecule has 8 heteroatoms. The van der Waals surface area contributed by atoms with Crippen LogP contribution in [0.4, 0.5) is 5.69 Å². The Morgan fingerprint density at radius 3 is 2.42 bits per heavy atom. The Balaban J connectivity index is 1.98. The number of hydrogen-bond acceptors (Lipinski definition) is 5. The summed E-state index contributed by atoms with van der Waals surface area (Å²) in [6.07, 6.45) is 1.62. The fourth-order valence-electron chi connectivity index (χ4n) is 3.04. The molecule has 2 rings (SSSR count). The Hall–Kier alpha value is -3.13. The van der Waals surface area contributed by atoms with Crippen LogP contribution < -0.4 is 25.5 Å². The van der Waals surface area contributed by atoms with Crippen molar-refractivity contribution >= 4 is 35.1 Å². The summed E-state index contributed by atoms with van der Waals surface area (Å²) in [5.41, 5.74) is 7.55. The first kappa shape index (κ1) is 24.1. The third-order valence-electron chi connectivity index (χ3n) is 4.29. The lowest BCUT2D eigenvalue weighted by Gasteiger charge is -2.14. The van der Waals surface area contributed by atoms with E-state index in [1.165, 1.54) is 0 Å². The number of hydrazone groups is 1. The summed E-state index contributed by atoms with van der Waals surface area (Å²) in [6, 6.07) is 9.61. The molecule has 0 saturated carbocycles. The van der Waals surface area contributed by atoms with Crippen LogP contribution in [0.5, 0.6) is 11.5 Å². The Kier molecular flexibility index (Phi) is 8.81. The van der Waals surface area contributed by atoms with Gasteiger partial charge in [0.15, 0.2) is 23.2 Å². The second-order valence-electron chi connectivity index (χ2n) is 7.52. The van der Waals surface area contributed by atoms with Crippen LogP contribution in [-0.2, 0) is 4.79 Å². The number of anilines is 1. The van der Waals surface area contributed by atoms with Crippen LogP contribution in [0.15, 0.2) is 35.4 Å². The summed E-state index contributed by atoms with van der Waals surface area (Å²) in [7, 11) is 1.54. The molecule has 7 nitrogen and oxygen atoms in total. The van der Waals surface area contributed by atoms with Crippen molar-refractivity contribution in [3.8, 4) is 11.5 Å². The van der Waals surface area contributed by atoms with Gasteiger partial charge in [0.05, 0.1) is 13.3 Å². The standard InChI is InChI=1S/C23H30N4O3S/c1-14(2)25-23(31)27-24-12-18-7-8-19(20(11-18)29-6)30-13-21(28)26-22-16(4)9-15(3)10-17(22)5/h7-12,14H,13H2,1-6H3,(H,26,28)(H2,25,27,31). The monoisotopic (exact) mass is 442 g/mol. The molecule has 0 saturated heterocycles. The molecule has 0 spiro atoms. The largest absolute Gasteiger partial charge is 0.493 e. The maximum absolute atomic E-state index is 12.4. The zero-order valence-electron chi connectivity index (χ0n) is 18.8. The normalized spacial score (nSPS) is 10.8. The molecular formula is C23H30N4O3S. The lowest BCUT2D eigenvalue weighted by Crippen LogP contribution is -2.36. The van der Waals surface area contributed by atoms with Crippen molar-refractivity contribution in [3.05, 3.63) is 52.6 Å². The van der Waals surface area contributed by atoms with Gasteiger partial charge in [-0.1, -0.05) is 17.7 Å². The van der Waals surface area contributed by atoms with Gasteiger partial charge in [-0.15, -0.1) is 0 Å². The summed E-state index contributed by atoms with van der Waals surface area (Å²) in [4.78, 5) is 12.4. The first-order valence-corrected chi connectivity index (χ1v) is 10.4. The van der Waals surface area contributed by atoms with Gasteiger partial charge >= 0.3 is 0 Å². The molecule has 2 aromatic carbocycles. The Bertz CT molecular complexity index is 950. The van der Waals surface area contributed by atoms with Gasteiger partial charge < -0.3 is 20.1 Å². The van der Waals surface area contributed by atoms with Gasteiger partial charge in [-0.25, -0.2) is 0 Å². The van der Waals surface area contributed by atoms with Gasteiger partial charge in [0, 0.05) is 11.7 Å². The number of aryl methyl sites for hydroxylation is 3. The molecule has 0 aliphatic carbocycles. The number of thiocarbonyl (C=S) groups is 1. The number of nitrogens with one attached hydrogen (secondary N) is 3. The predicted octanol–water partition coefficient (Wildman–Crippen LogP) is 3.84. The first-order chi connectivity index (χ1) is 14.7. The average molecular weight is 443 g/mol. The van der Waals surface area contributed by atoms with Crippen molar-refractivity contribution in [2.45, 2.75) is 40.7 Å². The molecule has 166 valence electrons. The van der Waals surface area contributed by atoms with Crippen LogP contribution >= 0.6 is 12.2 Å². The SMILES string of the molecule is COc1cc(C=NNC(=S)NC(C)C)ccc1OCC(=O)Nc1c(C)cc(C)cc1C. The molecule has 31 heavy (non-hydrogen) atoms. The summed E-state index contributed by atoms with van der Waals surface area (Å²) in [6.45, 7) is 9.82. The van der Waals surface area contributed by atoms with E-state index in [9.17, 15) is 4.79 Å². The second-order valence-corrected chi connectivity index (χ2v) is 7.93. The molecule has 0 fully saturated rings. The molecule has 3 N–H and O–H groups in total. The van der Waals surface area contributed by atoms with E-state index in [0.717, 1.165) is 27.9 Å². The summed E-state index contributed by atoms with van der Waals surface area (Å²) in [5, 5.41) is 10.5. The van der Waals surface area contributed by atoms with Crippen molar-refractivity contribution in [3.63, 3.8) is 0 Å². The Labute approximate surface area is 189 Å². The molecule has 0 bridgehead atoms. The lowest BCUT2D eigenvalue weighted by atomic mass is 10.1. The second kappa shape index (κ2) is 11.3. The molecule has 0 atom stereocenters. The highest BCUT2D eigenvalue weighted by Crippen LogP contribution is 2.28. The van der Waals surface area contributed by atoms with Gasteiger partial charge in [0.1, 0.15) is 0 Å². The van der Waals surface area contributed by atoms with Crippen LogP contribution in [0, 0.1) is 20.8 Å². The van der Waals surface area contributed by atoms with Crippen LogP contribution in [0.1, 0.15) is 36.1 Å². The third kappa shape index (κ3) is 7.57. The highest BCUT2D eigenvalue weighted by atomic mass is 32.1. The maximum atomic E-state index is 12.4. The number of nitrogens with zero attached hydrogens (tertiary/aromatic N) is 1. The maximum Gasteiger partial charge on any atom is 0.262 e. The Morgan fingerprint density at radius 2 is 1.81 bits per heavy atom. The summed E-state index contributed by atoms with van der Waals surface area (Å²) in [5.74, 6) is 0.734. The van der Waals surface area contributed by atoms with E-state index in [4.69, 9.17) is 21.7 Å². The van der Waals surface area contributed by atoms with Crippen molar-refractivity contribution in [2.75, 3.05) is 19.0 Å². The molecular weight excluding hydrogens is 412 g/mol. The number of carbonyl (C=O) groups excluding carboxylic acids is 1. The van der Waals surface area contributed by atoms with Gasteiger partial charge in [-0.05, 0) is 81.7 Å². The zero-order chi connectivity index (χ0) is 23.0. The first-order valence-electron chi connectivity index (χ1n) is 9.97. The van der Waals surface area contributed by atoms with Crippen molar-refractivity contribution in [2.24, 2.45) is 5.10 Å². The minimum atomic E-state index is -0.238. The minimum Gasteiger partial charge on any atom is -0.493 e. The summed E-state index contributed by atoms with van der Waals surface area (Å²) >= 11 is 5.12. The number of rotatable bonds is 8. The van der Waals surface area contributed by atoms with Gasteiger partial charge in [-0.2, -0.15) is 5.10 Å². The van der Waals surface area contributed by atoms with Gasteiger partial charge in [-0.3, -0.25) is 10.2 Å². The highest BCUT2D eigenvalue weighted by molar-refractivity contribution is 7.80. The van der Waals surface area contributed by atoms with E-state index in [-0.39, 0.29) is 18.6 Å². The fraction of sp³-hybridized carbons (Fsp3) is 0.348. The number of methoxy groups -OCH3 is 1. The average Bonchev–Trinajstić information content (AvgIpc) is 2.68. The molecule has 0 unspecified atom stereocenters. The van der Waals surface area contributed by atoms with Crippen LogP contribution in [0.25, 0.3) is 0 Å². The Morgan fingerprint density at radius 1 is 1.13 bits per heavy atom. The number of carbonyl (C=O) groups is 1. The number of hydrogen-bond donors (Lipinski definition) is 3. The third-order valence-corrected chi connectivity index (χ3v) is 4.50. The van der Waals surface area contributed by atoms with E-state index in [0.29, 0.717) is 16.6 Å². The number of amides is 1. The van der Waals surface area contributed by atoms with Crippen molar-refractivity contribution in [1.82, 2.24) is 10.7 Å². The summed E-state index contributed by atoms with van der Waals surface area (Å²) < 4.78 is 11.1. The predicted molar refractivity (Wildman–Crippen MR) is 129 cm³/mol. The smallest absolute Gasteiger partial charge is 0.262 e. The number of ether oxygens (including phenoxy) is 2. The van der Waals surface area contributed by atoms with Gasteiger partial charge in [0.2, 0.25) is 0 Å². The van der Waals surface area contributed by atoms with E-state index < -0.39 is 0 Å². The molecule has 2 aromatic rings. The lowest BCUT2D eigenvalue weighted by molar-refractivity contribution is -0.118. The molecule has 0 radical (unpaired) electrons. The van der Waals surface area contributed by atoms with Crippen molar-refractivity contribution in [1.29, 1.82) is 0 Å². The van der Waals surface area contributed by atoms with E-state index in [1.54, 1.807) is 25.5 Å². The van der Waals surface area contributed by atoms with E-state index in [1.807, 2.05) is 52.8 Å². The quantitative estimate of drug-likeness (QED) is 0.327. The van der Waals surface area contributed by atoms with E-state index in [2.05, 4.69) is 21.2 Å².